The van der Waals surface area contributed by atoms with Crippen molar-refractivity contribution in [3.8, 4) is 22.8 Å². The summed E-state index contributed by atoms with van der Waals surface area (Å²) in [5.74, 6) is 0.822. The van der Waals surface area contributed by atoms with E-state index in [9.17, 15) is 4.79 Å². The Hall–Kier alpha value is -3.58. The molecular formula is C23H21N3O3S. The van der Waals surface area contributed by atoms with Gasteiger partial charge in [-0.05, 0) is 31.2 Å². The highest BCUT2D eigenvalue weighted by atomic mass is 32.1. The number of nitrogens with one attached hydrogen (secondary N) is 1. The smallest absolute Gasteiger partial charge is 0.268 e. The number of aryl methyl sites for hydroxylation is 1. The van der Waals surface area contributed by atoms with Crippen molar-refractivity contribution < 1.29 is 14.3 Å². The fourth-order valence-electron chi connectivity index (χ4n) is 3.14. The van der Waals surface area contributed by atoms with E-state index in [4.69, 9.17) is 20.2 Å². The second-order valence-electron chi connectivity index (χ2n) is 6.78. The van der Waals surface area contributed by atoms with E-state index >= 15 is 0 Å². The Morgan fingerprint density at radius 3 is 2.50 bits per heavy atom. The van der Waals surface area contributed by atoms with Crippen LogP contribution in [0, 0.1) is 6.92 Å². The molecule has 1 amide bonds. The number of carbonyl (C=O) groups is 1. The van der Waals surface area contributed by atoms with Crippen LogP contribution in [-0.4, -0.2) is 25.1 Å². The van der Waals surface area contributed by atoms with Gasteiger partial charge in [-0.2, -0.15) is 0 Å². The van der Waals surface area contributed by atoms with Gasteiger partial charge in [0, 0.05) is 17.0 Å². The van der Waals surface area contributed by atoms with Crippen molar-refractivity contribution in [2.24, 2.45) is 0 Å². The first kappa shape index (κ1) is 19.7. The van der Waals surface area contributed by atoms with Crippen molar-refractivity contribution in [1.82, 2.24) is 4.98 Å². The van der Waals surface area contributed by atoms with E-state index < -0.39 is 0 Å². The minimum atomic E-state index is -0.320. The first-order valence-electron chi connectivity index (χ1n) is 9.29. The van der Waals surface area contributed by atoms with Crippen LogP contribution in [0.2, 0.25) is 0 Å². The first-order valence-corrected chi connectivity index (χ1v) is 10.1. The van der Waals surface area contributed by atoms with Crippen molar-refractivity contribution in [3.63, 3.8) is 0 Å². The summed E-state index contributed by atoms with van der Waals surface area (Å²) >= 11 is 1.27. The second-order valence-corrected chi connectivity index (χ2v) is 7.78. The second kappa shape index (κ2) is 8.04. The molecule has 2 aromatic carbocycles. The molecule has 0 aliphatic heterocycles. The Labute approximate surface area is 178 Å². The van der Waals surface area contributed by atoms with Gasteiger partial charge >= 0.3 is 0 Å². The number of hydrogen-bond donors (Lipinski definition) is 2. The highest BCUT2D eigenvalue weighted by molar-refractivity contribution is 7.21. The number of pyridine rings is 1. The number of nitrogens with two attached hydrogens (primary N) is 1. The number of carbonyl (C=O) groups excluding carboxylic acids is 1. The number of hydrogen-bond acceptors (Lipinski definition) is 6. The largest absolute Gasteiger partial charge is 0.497 e. The molecule has 0 fully saturated rings. The molecule has 2 heterocycles. The zero-order valence-corrected chi connectivity index (χ0v) is 17.7. The van der Waals surface area contributed by atoms with Crippen LogP contribution in [-0.2, 0) is 0 Å². The summed E-state index contributed by atoms with van der Waals surface area (Å²) in [6, 6.07) is 17.2. The molecule has 0 unspecified atom stereocenters. The van der Waals surface area contributed by atoms with Crippen LogP contribution in [0.4, 0.5) is 11.4 Å². The number of aromatic nitrogens is 1. The molecule has 4 aromatic rings. The van der Waals surface area contributed by atoms with Gasteiger partial charge in [-0.3, -0.25) is 4.79 Å². The molecule has 0 spiro atoms. The lowest BCUT2D eigenvalue weighted by Crippen LogP contribution is -2.12. The van der Waals surface area contributed by atoms with Gasteiger partial charge in [-0.1, -0.05) is 29.8 Å². The van der Waals surface area contributed by atoms with Crippen LogP contribution in [0.3, 0.4) is 0 Å². The van der Waals surface area contributed by atoms with Crippen LogP contribution in [0.25, 0.3) is 21.5 Å². The van der Waals surface area contributed by atoms with E-state index in [1.54, 1.807) is 32.4 Å². The first-order chi connectivity index (χ1) is 14.5. The zero-order valence-electron chi connectivity index (χ0n) is 16.9. The SMILES string of the molecule is COc1ccc(OC)c(NC(=O)c2sc3nc(-c4ccc(C)cc4)ccc3c2N)c1. The minimum Gasteiger partial charge on any atom is -0.497 e. The highest BCUT2D eigenvalue weighted by Crippen LogP contribution is 2.36. The van der Waals surface area contributed by atoms with Crippen LogP contribution in [0.15, 0.2) is 54.6 Å². The summed E-state index contributed by atoms with van der Waals surface area (Å²) in [6.07, 6.45) is 0. The summed E-state index contributed by atoms with van der Waals surface area (Å²) in [4.78, 5) is 18.8. The molecule has 0 aliphatic carbocycles. The fourth-order valence-corrected chi connectivity index (χ4v) is 4.13. The van der Waals surface area contributed by atoms with Gasteiger partial charge in [-0.25, -0.2) is 4.98 Å². The number of benzene rings is 2. The number of amides is 1. The molecule has 6 nitrogen and oxygen atoms in total. The van der Waals surface area contributed by atoms with E-state index in [0.717, 1.165) is 16.6 Å². The Balaban J connectivity index is 1.68. The lowest BCUT2D eigenvalue weighted by Gasteiger charge is -2.11. The third-order valence-corrected chi connectivity index (χ3v) is 5.92. The van der Waals surface area contributed by atoms with Crippen molar-refractivity contribution >= 4 is 38.8 Å². The van der Waals surface area contributed by atoms with Crippen LogP contribution >= 0.6 is 11.3 Å². The summed E-state index contributed by atoms with van der Waals surface area (Å²) in [6.45, 7) is 2.04. The van der Waals surface area contributed by atoms with Crippen LogP contribution < -0.4 is 20.5 Å². The Morgan fingerprint density at radius 2 is 1.80 bits per heavy atom. The minimum absolute atomic E-state index is 0.320. The maximum Gasteiger partial charge on any atom is 0.268 e. The molecule has 0 saturated carbocycles. The fraction of sp³-hybridized carbons (Fsp3) is 0.130. The Kier molecular flexibility index (Phi) is 5.29. The summed E-state index contributed by atoms with van der Waals surface area (Å²) < 4.78 is 10.6. The highest BCUT2D eigenvalue weighted by Gasteiger charge is 2.19. The maximum absolute atomic E-state index is 13.0. The third kappa shape index (κ3) is 3.67. The van der Waals surface area contributed by atoms with E-state index in [0.29, 0.717) is 32.6 Å². The summed E-state index contributed by atoms with van der Waals surface area (Å²) in [5.41, 5.74) is 10.2. The van der Waals surface area contributed by atoms with Gasteiger partial charge in [-0.15, -0.1) is 11.3 Å². The number of thiophene rings is 1. The normalized spacial score (nSPS) is 10.8. The molecule has 2 aromatic heterocycles. The average molecular weight is 420 g/mol. The predicted octanol–water partition coefficient (Wildman–Crippen LogP) is 5.12. The molecule has 0 aliphatic rings. The monoisotopic (exact) mass is 419 g/mol. The van der Waals surface area contributed by atoms with Crippen molar-refractivity contribution in [2.75, 3.05) is 25.3 Å². The van der Waals surface area contributed by atoms with Crippen molar-refractivity contribution in [1.29, 1.82) is 0 Å². The number of fused-ring (bicyclic) bond motifs is 1. The van der Waals surface area contributed by atoms with E-state index in [2.05, 4.69) is 5.32 Å². The lowest BCUT2D eigenvalue weighted by atomic mass is 10.1. The van der Waals surface area contributed by atoms with E-state index in [-0.39, 0.29) is 5.91 Å². The van der Waals surface area contributed by atoms with Gasteiger partial charge in [0.05, 0.1) is 31.3 Å². The van der Waals surface area contributed by atoms with Gasteiger partial charge in [0.25, 0.3) is 5.91 Å². The van der Waals surface area contributed by atoms with Crippen molar-refractivity contribution in [3.05, 3.63) is 65.0 Å². The summed E-state index contributed by atoms with van der Waals surface area (Å²) in [7, 11) is 3.11. The Morgan fingerprint density at radius 1 is 1.03 bits per heavy atom. The number of anilines is 2. The molecule has 4 rings (SSSR count). The van der Waals surface area contributed by atoms with E-state index in [1.165, 1.54) is 16.9 Å². The van der Waals surface area contributed by atoms with Gasteiger partial charge in [0.2, 0.25) is 0 Å². The lowest BCUT2D eigenvalue weighted by molar-refractivity contribution is 0.103. The summed E-state index contributed by atoms with van der Waals surface area (Å²) in [5, 5.41) is 3.63. The standard InChI is InChI=1S/C23H21N3O3S/c1-13-4-6-14(7-5-13)17-10-9-16-20(24)21(30-23(16)26-17)22(27)25-18-12-15(28-2)8-11-19(18)29-3/h4-12H,24H2,1-3H3,(H,25,27). The molecule has 0 atom stereocenters. The molecule has 0 bridgehead atoms. The molecule has 3 N–H and O–H groups in total. The number of nitrogen functional groups attached to an aromatic ring is 1. The molecule has 152 valence electrons. The van der Waals surface area contributed by atoms with Crippen LogP contribution in [0.5, 0.6) is 11.5 Å². The van der Waals surface area contributed by atoms with Gasteiger partial charge in [0.1, 0.15) is 21.2 Å². The number of rotatable bonds is 5. The number of nitrogens with zero attached hydrogens (tertiary/aromatic N) is 1. The predicted molar refractivity (Wildman–Crippen MR) is 122 cm³/mol. The average Bonchev–Trinajstić information content (AvgIpc) is 3.10. The van der Waals surface area contributed by atoms with Crippen LogP contribution in [0.1, 0.15) is 15.2 Å². The van der Waals surface area contributed by atoms with Crippen molar-refractivity contribution in [2.45, 2.75) is 6.92 Å². The van der Waals surface area contributed by atoms with Gasteiger partial charge in [0.15, 0.2) is 0 Å². The zero-order chi connectivity index (χ0) is 21.3. The van der Waals surface area contributed by atoms with Gasteiger partial charge < -0.3 is 20.5 Å². The molecular weight excluding hydrogens is 398 g/mol. The number of methoxy groups -OCH3 is 2. The van der Waals surface area contributed by atoms with E-state index in [1.807, 2.05) is 43.3 Å². The quantitative estimate of drug-likeness (QED) is 0.469. The molecule has 7 heteroatoms. The number of ether oxygens (including phenoxy) is 2. The molecule has 0 radical (unpaired) electrons. The Bertz CT molecular complexity index is 1230. The maximum atomic E-state index is 13.0. The molecule has 30 heavy (non-hydrogen) atoms. The third-order valence-electron chi connectivity index (χ3n) is 4.80. The topological polar surface area (TPSA) is 86.5 Å². The molecule has 0 saturated heterocycles.